The summed E-state index contributed by atoms with van der Waals surface area (Å²) in [6.07, 6.45) is 1.22. The molecule has 2 rings (SSSR count). The van der Waals surface area contributed by atoms with Gasteiger partial charge in [0.25, 0.3) is 0 Å². The van der Waals surface area contributed by atoms with Crippen LogP contribution in [0.3, 0.4) is 0 Å². The molecule has 1 aliphatic rings. The van der Waals surface area contributed by atoms with E-state index in [2.05, 4.69) is 0 Å². The van der Waals surface area contributed by atoms with Gasteiger partial charge in [0.15, 0.2) is 0 Å². The number of hydrogen-bond donors (Lipinski definition) is 1. The summed E-state index contributed by atoms with van der Waals surface area (Å²) >= 11 is 5.84. The lowest BCUT2D eigenvalue weighted by atomic mass is 10.0. The Bertz CT molecular complexity index is 583. The summed E-state index contributed by atoms with van der Waals surface area (Å²) in [5.74, 6) is -0.558. The fourth-order valence-corrected chi connectivity index (χ4v) is 4.52. The van der Waals surface area contributed by atoms with Gasteiger partial charge in [-0.2, -0.15) is 4.31 Å². The molecule has 20 heavy (non-hydrogen) atoms. The van der Waals surface area contributed by atoms with Crippen molar-refractivity contribution in [2.45, 2.75) is 36.7 Å². The zero-order chi connectivity index (χ0) is 14.2. The molecular formula is C12H17Cl2FN2O2S. The van der Waals surface area contributed by atoms with E-state index in [4.69, 9.17) is 17.3 Å². The van der Waals surface area contributed by atoms with E-state index >= 15 is 0 Å². The van der Waals surface area contributed by atoms with E-state index in [9.17, 15) is 12.8 Å². The molecule has 0 aromatic heterocycles. The number of nitrogens with zero attached hydrogens (tertiary/aromatic N) is 1. The zero-order valence-corrected chi connectivity index (χ0v) is 13.3. The number of sulfonamides is 1. The highest BCUT2D eigenvalue weighted by molar-refractivity contribution is 7.89. The summed E-state index contributed by atoms with van der Waals surface area (Å²) in [6, 6.07) is 3.14. The average Bonchev–Trinajstić information content (AvgIpc) is 2.27. The molecule has 2 atom stereocenters. The third kappa shape index (κ3) is 3.43. The Hall–Kier alpha value is -0.400. The molecule has 1 heterocycles. The van der Waals surface area contributed by atoms with Gasteiger partial charge in [-0.25, -0.2) is 12.8 Å². The normalized spacial score (nSPS) is 24.2. The molecule has 1 fully saturated rings. The second-order valence-electron chi connectivity index (χ2n) is 4.82. The first-order valence-corrected chi connectivity index (χ1v) is 7.86. The van der Waals surface area contributed by atoms with Crippen LogP contribution < -0.4 is 5.73 Å². The van der Waals surface area contributed by atoms with E-state index in [0.29, 0.717) is 19.4 Å². The molecule has 0 radical (unpaired) electrons. The lowest BCUT2D eigenvalue weighted by Crippen LogP contribution is -2.48. The van der Waals surface area contributed by atoms with Crippen molar-refractivity contribution >= 4 is 34.0 Å². The van der Waals surface area contributed by atoms with Gasteiger partial charge in [-0.3, -0.25) is 0 Å². The van der Waals surface area contributed by atoms with Gasteiger partial charge in [-0.1, -0.05) is 11.6 Å². The Kier molecular flexibility index (Phi) is 5.80. The van der Waals surface area contributed by atoms with Crippen LogP contribution in [0.4, 0.5) is 4.39 Å². The van der Waals surface area contributed by atoms with Crippen molar-refractivity contribution in [2.24, 2.45) is 5.73 Å². The number of halogens is 3. The topological polar surface area (TPSA) is 63.4 Å². The van der Waals surface area contributed by atoms with Crippen LogP contribution in [0.25, 0.3) is 0 Å². The zero-order valence-electron chi connectivity index (χ0n) is 10.9. The summed E-state index contributed by atoms with van der Waals surface area (Å²) in [7, 11) is -3.70. The van der Waals surface area contributed by atoms with Crippen molar-refractivity contribution in [3.05, 3.63) is 29.0 Å². The van der Waals surface area contributed by atoms with E-state index in [1.807, 2.05) is 6.92 Å². The number of hydrogen-bond acceptors (Lipinski definition) is 3. The summed E-state index contributed by atoms with van der Waals surface area (Å²) in [5.41, 5.74) is 5.82. The smallest absolute Gasteiger partial charge is 0.244 e. The first kappa shape index (κ1) is 17.7. The van der Waals surface area contributed by atoms with E-state index in [1.165, 1.54) is 10.4 Å². The Morgan fingerprint density at radius 1 is 1.45 bits per heavy atom. The summed E-state index contributed by atoms with van der Waals surface area (Å²) in [6.45, 7) is 2.17. The SMILES string of the molecule is CC1CC(N)CCN1S(=O)(=O)c1ccc(F)cc1Cl.Cl. The van der Waals surface area contributed by atoms with Crippen molar-refractivity contribution in [3.8, 4) is 0 Å². The molecule has 1 aliphatic heterocycles. The Balaban J connectivity index is 0.00000200. The van der Waals surface area contributed by atoms with Gasteiger partial charge in [0, 0.05) is 18.6 Å². The van der Waals surface area contributed by atoms with Crippen molar-refractivity contribution in [3.63, 3.8) is 0 Å². The summed E-state index contributed by atoms with van der Waals surface area (Å²) in [5, 5.41) is -0.0953. The maximum atomic E-state index is 13.0. The fourth-order valence-electron chi connectivity index (χ4n) is 2.35. The highest BCUT2D eigenvalue weighted by Crippen LogP contribution is 2.29. The number of nitrogens with two attached hydrogens (primary N) is 1. The second-order valence-corrected chi connectivity index (χ2v) is 7.09. The quantitative estimate of drug-likeness (QED) is 0.897. The summed E-state index contributed by atoms with van der Waals surface area (Å²) in [4.78, 5) is -0.0575. The minimum Gasteiger partial charge on any atom is -0.328 e. The van der Waals surface area contributed by atoms with Crippen molar-refractivity contribution < 1.29 is 12.8 Å². The van der Waals surface area contributed by atoms with E-state index < -0.39 is 15.8 Å². The highest BCUT2D eigenvalue weighted by atomic mass is 35.5. The van der Waals surface area contributed by atoms with Crippen LogP contribution in [0.2, 0.25) is 5.02 Å². The molecule has 1 saturated heterocycles. The molecule has 2 N–H and O–H groups in total. The second kappa shape index (κ2) is 6.58. The van der Waals surface area contributed by atoms with Crippen molar-refractivity contribution in [1.29, 1.82) is 0 Å². The largest absolute Gasteiger partial charge is 0.328 e. The van der Waals surface area contributed by atoms with Crippen LogP contribution in [0.5, 0.6) is 0 Å². The standard InChI is InChI=1S/C12H16ClFN2O2S.ClH/c1-8-6-10(15)4-5-16(8)19(17,18)12-3-2-9(14)7-11(12)13;/h2-3,7-8,10H,4-6,15H2,1H3;1H. The molecule has 0 saturated carbocycles. The van der Waals surface area contributed by atoms with Crippen molar-refractivity contribution in [1.82, 2.24) is 4.31 Å². The van der Waals surface area contributed by atoms with Crippen molar-refractivity contribution in [2.75, 3.05) is 6.54 Å². The van der Waals surface area contributed by atoms with Gasteiger partial charge >= 0.3 is 0 Å². The van der Waals surface area contributed by atoms with Gasteiger partial charge in [-0.15, -0.1) is 12.4 Å². The number of piperidine rings is 1. The van der Waals surface area contributed by atoms with Crippen LogP contribution in [-0.4, -0.2) is 31.4 Å². The molecule has 1 aromatic carbocycles. The van der Waals surface area contributed by atoms with Crippen LogP contribution >= 0.6 is 24.0 Å². The van der Waals surface area contributed by atoms with Gasteiger partial charge in [0.2, 0.25) is 10.0 Å². The first-order valence-electron chi connectivity index (χ1n) is 6.05. The van der Waals surface area contributed by atoms with Gasteiger partial charge in [0.05, 0.1) is 5.02 Å². The lowest BCUT2D eigenvalue weighted by Gasteiger charge is -2.35. The first-order chi connectivity index (χ1) is 8.82. The van der Waals surface area contributed by atoms with E-state index in [0.717, 1.165) is 12.1 Å². The molecule has 114 valence electrons. The number of benzene rings is 1. The summed E-state index contributed by atoms with van der Waals surface area (Å²) < 4.78 is 39.4. The molecule has 0 aliphatic carbocycles. The molecular weight excluding hydrogens is 326 g/mol. The lowest BCUT2D eigenvalue weighted by molar-refractivity contribution is 0.247. The van der Waals surface area contributed by atoms with E-state index in [1.54, 1.807) is 0 Å². The molecule has 1 aromatic rings. The van der Waals surface area contributed by atoms with Crippen LogP contribution in [-0.2, 0) is 10.0 Å². The number of rotatable bonds is 2. The minimum absolute atomic E-state index is 0. The predicted octanol–water partition coefficient (Wildman–Crippen LogP) is 2.40. The maximum absolute atomic E-state index is 13.0. The predicted molar refractivity (Wildman–Crippen MR) is 79.2 cm³/mol. The highest BCUT2D eigenvalue weighted by Gasteiger charge is 2.34. The fraction of sp³-hybridized carbons (Fsp3) is 0.500. The molecule has 0 bridgehead atoms. The van der Waals surface area contributed by atoms with Crippen LogP contribution in [0, 0.1) is 5.82 Å². The Labute approximate surface area is 129 Å². The average molecular weight is 343 g/mol. The van der Waals surface area contributed by atoms with Gasteiger partial charge in [-0.05, 0) is 38.0 Å². The Morgan fingerprint density at radius 3 is 2.65 bits per heavy atom. The van der Waals surface area contributed by atoms with Gasteiger partial charge < -0.3 is 5.73 Å². The third-order valence-electron chi connectivity index (χ3n) is 3.34. The maximum Gasteiger partial charge on any atom is 0.244 e. The molecule has 2 unspecified atom stereocenters. The third-order valence-corrected chi connectivity index (χ3v) is 5.83. The molecule has 4 nitrogen and oxygen atoms in total. The molecule has 0 amide bonds. The molecule has 0 spiro atoms. The minimum atomic E-state index is -3.70. The van der Waals surface area contributed by atoms with Crippen LogP contribution in [0.1, 0.15) is 19.8 Å². The Morgan fingerprint density at radius 2 is 2.10 bits per heavy atom. The van der Waals surface area contributed by atoms with Crippen LogP contribution in [0.15, 0.2) is 23.1 Å². The van der Waals surface area contributed by atoms with Gasteiger partial charge in [0.1, 0.15) is 10.7 Å². The van der Waals surface area contributed by atoms with E-state index in [-0.39, 0.29) is 34.4 Å². The molecule has 8 heteroatoms. The monoisotopic (exact) mass is 342 g/mol.